The van der Waals surface area contributed by atoms with Gasteiger partial charge in [-0.2, -0.15) is 0 Å². The van der Waals surface area contributed by atoms with Crippen molar-refractivity contribution in [2.45, 2.75) is 246 Å². The molecule has 420 valence electrons. The lowest BCUT2D eigenvalue weighted by molar-refractivity contribution is -0.189. The predicted octanol–water partition coefficient (Wildman–Crippen LogP) is 13.7. The van der Waals surface area contributed by atoms with Crippen LogP contribution in [0.3, 0.4) is 0 Å². The molecule has 2 heterocycles. The molecule has 0 aliphatic carbocycles. The highest BCUT2D eigenvalue weighted by molar-refractivity contribution is 6.01. The van der Waals surface area contributed by atoms with E-state index in [1.807, 2.05) is 233 Å². The Balaban J connectivity index is 1.55. The number of carbonyl (C=O) groups is 4. The van der Waals surface area contributed by atoms with E-state index in [9.17, 15) is 19.8 Å². The van der Waals surface area contributed by atoms with Crippen molar-refractivity contribution >= 4 is 23.8 Å². The number of piperidine rings is 2. The van der Waals surface area contributed by atoms with Gasteiger partial charge >= 0.3 is 11.9 Å². The van der Waals surface area contributed by atoms with E-state index in [2.05, 4.69) is 0 Å². The minimum Gasteiger partial charge on any atom is -0.507 e. The highest BCUT2D eigenvalue weighted by atomic mass is 16.6. The third kappa shape index (κ3) is 13.4. The zero-order valence-electron chi connectivity index (χ0n) is 50.6. The molecule has 0 saturated carbocycles. The molecule has 0 unspecified atom stereocenters. The number of carbonyl (C=O) groups excluding carboxylic acids is 4. The summed E-state index contributed by atoms with van der Waals surface area (Å²) in [5, 5.41) is 24.1. The van der Waals surface area contributed by atoms with Crippen LogP contribution in [0, 0.1) is 5.41 Å². The van der Waals surface area contributed by atoms with Gasteiger partial charge in [0.25, 0.3) is 0 Å². The van der Waals surface area contributed by atoms with Crippen molar-refractivity contribution < 1.29 is 38.9 Å². The average Bonchev–Trinajstić information content (AvgIpc) is 3.24. The second-order valence-corrected chi connectivity index (χ2v) is 29.4. The van der Waals surface area contributed by atoms with Crippen molar-refractivity contribution in [2.75, 3.05) is 0 Å². The minimum atomic E-state index is -2.04. The van der Waals surface area contributed by atoms with Gasteiger partial charge in [-0.1, -0.05) is 168 Å². The largest absolute Gasteiger partial charge is 0.507 e. The van der Waals surface area contributed by atoms with Crippen molar-refractivity contribution in [3.8, 4) is 11.5 Å². The molecule has 10 nitrogen and oxygen atoms in total. The van der Waals surface area contributed by atoms with Crippen molar-refractivity contribution in [1.82, 2.24) is 9.80 Å². The van der Waals surface area contributed by atoms with Crippen molar-refractivity contribution in [3.05, 3.63) is 129 Å². The van der Waals surface area contributed by atoms with Gasteiger partial charge in [0.05, 0.1) is 12.8 Å². The van der Waals surface area contributed by atoms with Gasteiger partial charge in [-0.05, 0) is 134 Å². The molecule has 2 aliphatic heterocycles. The van der Waals surface area contributed by atoms with E-state index >= 15 is 9.59 Å². The van der Waals surface area contributed by atoms with Gasteiger partial charge in [0.2, 0.25) is 11.8 Å². The first-order valence-electron chi connectivity index (χ1n) is 28.0. The Kier molecular flexibility index (Phi) is 16.7. The Morgan fingerprint density at radius 3 is 0.922 bits per heavy atom. The first kappa shape index (κ1) is 60.6. The van der Waals surface area contributed by atoms with Gasteiger partial charge in [0, 0.05) is 47.8 Å². The Labute approximate surface area is 462 Å². The molecule has 6 rings (SSSR count). The number of benzene rings is 4. The maximum Gasteiger partial charge on any atom is 0.324 e. The predicted molar refractivity (Wildman–Crippen MR) is 309 cm³/mol. The van der Waals surface area contributed by atoms with Crippen LogP contribution in [-0.2, 0) is 76.0 Å². The van der Waals surface area contributed by atoms with Crippen LogP contribution in [0.15, 0.2) is 84.9 Å². The zero-order valence-corrected chi connectivity index (χ0v) is 50.6. The fourth-order valence-corrected chi connectivity index (χ4v) is 13.1. The van der Waals surface area contributed by atoms with Crippen molar-refractivity contribution in [3.63, 3.8) is 0 Å². The molecule has 2 aliphatic rings. The Bertz CT molecular complexity index is 2510. The van der Waals surface area contributed by atoms with Crippen molar-refractivity contribution in [2.24, 2.45) is 5.41 Å². The zero-order chi connectivity index (χ0) is 57.9. The monoisotopic (exact) mass is 1050 g/mol. The molecule has 10 heteroatoms. The third-order valence-corrected chi connectivity index (χ3v) is 16.1. The van der Waals surface area contributed by atoms with Crippen LogP contribution in [0.1, 0.15) is 209 Å². The smallest absolute Gasteiger partial charge is 0.324 e. The van der Waals surface area contributed by atoms with Crippen LogP contribution in [0.4, 0.5) is 0 Å². The lowest BCUT2D eigenvalue weighted by Gasteiger charge is -2.55. The quantitative estimate of drug-likeness (QED) is 0.106. The Hall–Kier alpha value is -5.64. The Morgan fingerprint density at radius 1 is 0.442 bits per heavy atom. The normalized spacial score (nSPS) is 18.2. The number of likely N-dealkylation sites (tertiary alicyclic amines) is 2. The summed E-state index contributed by atoms with van der Waals surface area (Å²) in [6, 6.07) is 27.1. The number of aromatic hydroxyl groups is 2. The van der Waals surface area contributed by atoms with Crippen LogP contribution in [-0.4, -0.2) is 78.1 Å². The molecule has 0 bridgehead atoms. The molecule has 0 radical (unpaired) electrons. The number of rotatable bonds is 12. The van der Waals surface area contributed by atoms with Gasteiger partial charge in [-0.25, -0.2) is 0 Å². The fraction of sp³-hybridized carbons (Fsp3) is 0.582. The molecular weight excluding hydrogens is 961 g/mol. The van der Waals surface area contributed by atoms with Gasteiger partial charge in [0.1, 0.15) is 23.7 Å². The molecule has 0 atom stereocenters. The molecular formula is C67H94N2O8. The van der Waals surface area contributed by atoms with Gasteiger partial charge in [0.15, 0.2) is 5.41 Å². The van der Waals surface area contributed by atoms with E-state index in [0.29, 0.717) is 59.1 Å². The van der Waals surface area contributed by atoms with E-state index < -0.39 is 73.4 Å². The highest BCUT2D eigenvalue weighted by Gasteiger charge is 2.56. The maximum absolute atomic E-state index is 16.4. The number of nitrogens with zero attached hydrogens (tertiary/aromatic N) is 2. The SMILES string of the molecule is CC(C)(C)c1cc(CC(Cc2cc(C(C)(C)C)c(O)c(C(C)(C)C)c2)(C(=O)OC2CC(C)(C)N(C(=O)Cc3ccccc3)C(C)(C)C2)C(=O)OC2CC(C)(C)N(C(=O)Cc3ccccc3)C(C)(C)C2)cc(C(C)(C)C)c1O. The first-order chi connectivity index (χ1) is 35.1. The molecule has 2 saturated heterocycles. The lowest BCUT2D eigenvalue weighted by Crippen LogP contribution is -2.65. The molecule has 4 aromatic rings. The topological polar surface area (TPSA) is 134 Å². The second kappa shape index (κ2) is 21.2. The number of phenolic OH excluding ortho intramolecular Hbond substituents is 2. The maximum atomic E-state index is 16.4. The average molecular weight is 1060 g/mol. The van der Waals surface area contributed by atoms with E-state index in [1.54, 1.807) is 0 Å². The number of ether oxygens (including phenoxy) is 2. The van der Waals surface area contributed by atoms with Gasteiger partial charge in [-0.3, -0.25) is 19.2 Å². The van der Waals surface area contributed by atoms with Gasteiger partial charge < -0.3 is 29.5 Å². The van der Waals surface area contributed by atoms with E-state index in [-0.39, 0.29) is 49.0 Å². The molecule has 0 aromatic heterocycles. The van der Waals surface area contributed by atoms with E-state index in [1.165, 1.54) is 0 Å². The number of phenols is 2. The third-order valence-electron chi connectivity index (χ3n) is 16.1. The standard InChI is InChI=1S/C67H94N2O8/c1-59(2,3)49-31-45(32-50(55(49)72)60(4,5)6)37-67(38-46-33-51(61(7,8)9)56(73)52(34-46)62(10,11)12,57(74)76-47-39-63(13,14)68(64(15,16)40-47)53(70)35-43-27-23-21-24-28-43)58(75)77-48-41-65(17,18)69(66(19,20)42-48)54(71)36-44-29-25-22-26-30-44/h21-34,47-48,72-73H,35-42H2,1-20H3. The second-order valence-electron chi connectivity index (χ2n) is 29.4. The fourth-order valence-electron chi connectivity index (χ4n) is 13.1. The summed E-state index contributed by atoms with van der Waals surface area (Å²) < 4.78 is 13.8. The van der Waals surface area contributed by atoms with Crippen LogP contribution in [0.2, 0.25) is 0 Å². The van der Waals surface area contributed by atoms with Crippen LogP contribution >= 0.6 is 0 Å². The first-order valence-corrected chi connectivity index (χ1v) is 28.0. The lowest BCUT2D eigenvalue weighted by atomic mass is 9.71. The highest BCUT2D eigenvalue weighted by Crippen LogP contribution is 2.48. The summed E-state index contributed by atoms with van der Waals surface area (Å²) in [5.74, 6) is -1.21. The summed E-state index contributed by atoms with van der Waals surface area (Å²) in [6.07, 6.45) is 0.00426. The minimum absolute atomic E-state index is 0.0270. The molecule has 4 aromatic carbocycles. The van der Waals surface area contributed by atoms with Crippen LogP contribution in [0.5, 0.6) is 11.5 Å². The molecule has 2 amide bonds. The Morgan fingerprint density at radius 2 is 0.688 bits per heavy atom. The number of hydrogen-bond acceptors (Lipinski definition) is 8. The summed E-state index contributed by atoms with van der Waals surface area (Å²) in [4.78, 5) is 65.3. The number of amides is 2. The van der Waals surface area contributed by atoms with E-state index in [0.717, 1.165) is 11.1 Å². The molecule has 0 spiro atoms. The molecule has 2 fully saturated rings. The van der Waals surface area contributed by atoms with E-state index in [4.69, 9.17) is 9.47 Å². The van der Waals surface area contributed by atoms with Crippen LogP contribution in [0.25, 0.3) is 0 Å². The molecule has 77 heavy (non-hydrogen) atoms. The number of hydrogen-bond donors (Lipinski definition) is 2. The summed E-state index contributed by atoms with van der Waals surface area (Å²) in [5.41, 5.74) is -1.35. The van der Waals surface area contributed by atoms with Crippen LogP contribution < -0.4 is 0 Å². The summed E-state index contributed by atoms with van der Waals surface area (Å²) in [7, 11) is 0. The molecule has 2 N–H and O–H groups in total. The number of esters is 2. The summed E-state index contributed by atoms with van der Waals surface area (Å²) in [6.45, 7) is 40.5. The summed E-state index contributed by atoms with van der Waals surface area (Å²) >= 11 is 0. The van der Waals surface area contributed by atoms with Gasteiger partial charge in [-0.15, -0.1) is 0 Å². The van der Waals surface area contributed by atoms with Crippen molar-refractivity contribution in [1.29, 1.82) is 0 Å².